The fraction of sp³-hybridized carbons (Fsp3) is 0.286. The van der Waals surface area contributed by atoms with E-state index in [4.69, 9.17) is 0 Å². The van der Waals surface area contributed by atoms with E-state index in [1.165, 1.54) is 0 Å². The number of aliphatic hydroxyl groups is 1. The first-order chi connectivity index (χ1) is 17.6. The number of alkyl halides is 6. The van der Waals surface area contributed by atoms with Crippen LogP contribution in [0.15, 0.2) is 35.4 Å². The second-order valence-corrected chi connectivity index (χ2v) is 8.09. The van der Waals surface area contributed by atoms with Gasteiger partial charge >= 0.3 is 12.4 Å². The standard InChI is InChI=1S/C21H13F8N5O4/c22-8-3-12(23)17(30-5-8)34-7-11(18(38)32-19(20(24,25)26)21(27,28)29)15(37)10-1-2-13(31-16(10)34)33-6-9(35)4-14(33)36/h1-3,5,7,9,19,35H,4,6H2,(H,32,38). The first-order valence-electron chi connectivity index (χ1n) is 10.4. The van der Waals surface area contributed by atoms with Gasteiger partial charge in [0.15, 0.2) is 17.3 Å². The van der Waals surface area contributed by atoms with E-state index in [0.717, 1.165) is 17.0 Å². The van der Waals surface area contributed by atoms with E-state index in [2.05, 4.69) is 9.97 Å². The molecule has 3 aromatic heterocycles. The zero-order valence-electron chi connectivity index (χ0n) is 18.4. The summed E-state index contributed by atoms with van der Waals surface area (Å²) in [6.07, 6.45) is -12.4. The van der Waals surface area contributed by atoms with Crippen molar-refractivity contribution in [1.82, 2.24) is 19.9 Å². The second-order valence-electron chi connectivity index (χ2n) is 8.09. The molecule has 17 heteroatoms. The van der Waals surface area contributed by atoms with Crippen LogP contribution in [0.1, 0.15) is 16.8 Å². The number of nitrogens with zero attached hydrogens (tertiary/aromatic N) is 4. The van der Waals surface area contributed by atoms with Crippen molar-refractivity contribution in [2.75, 3.05) is 11.4 Å². The van der Waals surface area contributed by atoms with Gasteiger partial charge in [-0.05, 0) is 12.1 Å². The number of hydrogen-bond donors (Lipinski definition) is 2. The van der Waals surface area contributed by atoms with Crippen molar-refractivity contribution in [2.45, 2.75) is 30.9 Å². The summed E-state index contributed by atoms with van der Waals surface area (Å²) in [4.78, 5) is 46.1. The highest BCUT2D eigenvalue weighted by atomic mass is 19.4. The third kappa shape index (κ3) is 5.00. The number of fused-ring (bicyclic) bond motifs is 1. The molecular formula is C21H13F8N5O4. The van der Waals surface area contributed by atoms with Crippen LogP contribution in [0.25, 0.3) is 16.9 Å². The van der Waals surface area contributed by atoms with Crippen molar-refractivity contribution in [3.63, 3.8) is 0 Å². The molecule has 0 spiro atoms. The van der Waals surface area contributed by atoms with Crippen LogP contribution in [-0.4, -0.2) is 62.5 Å². The largest absolute Gasteiger partial charge is 0.417 e. The topological polar surface area (TPSA) is 117 Å². The summed E-state index contributed by atoms with van der Waals surface area (Å²) in [6, 6.07) is -1.99. The van der Waals surface area contributed by atoms with Crippen molar-refractivity contribution < 1.29 is 49.8 Å². The highest BCUT2D eigenvalue weighted by Crippen LogP contribution is 2.33. The number of anilines is 1. The molecule has 0 saturated carbocycles. The van der Waals surface area contributed by atoms with Crippen molar-refractivity contribution in [3.8, 4) is 5.82 Å². The Hall–Kier alpha value is -4.15. The highest BCUT2D eigenvalue weighted by molar-refractivity contribution is 5.99. The first-order valence-corrected chi connectivity index (χ1v) is 10.4. The minimum atomic E-state index is -5.97. The molecule has 38 heavy (non-hydrogen) atoms. The fourth-order valence-corrected chi connectivity index (χ4v) is 3.72. The molecule has 202 valence electrons. The molecular weight excluding hydrogens is 538 g/mol. The number of rotatable bonds is 4. The normalized spacial score (nSPS) is 16.5. The lowest BCUT2D eigenvalue weighted by Gasteiger charge is -2.24. The summed E-state index contributed by atoms with van der Waals surface area (Å²) < 4.78 is 106. The molecule has 0 bridgehead atoms. The Morgan fingerprint density at radius 2 is 1.76 bits per heavy atom. The van der Waals surface area contributed by atoms with Gasteiger partial charge in [-0.1, -0.05) is 0 Å². The van der Waals surface area contributed by atoms with Gasteiger partial charge < -0.3 is 10.4 Å². The van der Waals surface area contributed by atoms with Gasteiger partial charge in [-0.2, -0.15) is 26.3 Å². The summed E-state index contributed by atoms with van der Waals surface area (Å²) in [5.74, 6) is -6.23. The van der Waals surface area contributed by atoms with Gasteiger partial charge in [-0.25, -0.2) is 18.7 Å². The number of carbonyl (C=O) groups excluding carboxylic acids is 2. The van der Waals surface area contributed by atoms with E-state index in [9.17, 15) is 54.6 Å². The number of carbonyl (C=O) groups is 2. The molecule has 1 aliphatic rings. The molecule has 1 saturated heterocycles. The minimum absolute atomic E-state index is 0.166. The van der Waals surface area contributed by atoms with Gasteiger partial charge in [0.2, 0.25) is 17.4 Å². The number of nitrogens with one attached hydrogen (secondary N) is 1. The Bertz CT molecular complexity index is 1490. The predicted molar refractivity (Wildman–Crippen MR) is 111 cm³/mol. The number of β-amino-alcohol motifs (C(OH)–C–C–N with tert-alkyl or cyclic N) is 1. The number of hydrogen-bond acceptors (Lipinski definition) is 6. The molecule has 1 aliphatic heterocycles. The van der Waals surface area contributed by atoms with Crippen molar-refractivity contribution in [1.29, 1.82) is 0 Å². The molecule has 0 aromatic carbocycles. The molecule has 1 atom stereocenters. The number of pyridine rings is 3. The lowest BCUT2D eigenvalue weighted by atomic mass is 10.1. The van der Waals surface area contributed by atoms with E-state index in [0.29, 0.717) is 28.3 Å². The number of aromatic nitrogens is 3. The van der Waals surface area contributed by atoms with Crippen LogP contribution in [-0.2, 0) is 4.79 Å². The van der Waals surface area contributed by atoms with Gasteiger partial charge in [-0.3, -0.25) is 23.9 Å². The molecule has 1 unspecified atom stereocenters. The summed E-state index contributed by atoms with van der Waals surface area (Å²) >= 11 is 0. The van der Waals surface area contributed by atoms with Crippen molar-refractivity contribution in [3.05, 3.63) is 58.0 Å². The summed E-state index contributed by atoms with van der Waals surface area (Å²) in [5.41, 5.74) is -3.19. The first kappa shape index (κ1) is 26.9. The van der Waals surface area contributed by atoms with Gasteiger partial charge in [0.25, 0.3) is 5.91 Å². The molecule has 9 nitrogen and oxygen atoms in total. The SMILES string of the molecule is O=C(NC(C(F)(F)F)C(F)(F)F)c1cn(-c2ncc(F)cc2F)c2nc(N3CC(O)CC3=O)ccc2c1=O. The van der Waals surface area contributed by atoms with Crippen LogP contribution < -0.4 is 15.6 Å². The Balaban J connectivity index is 1.93. The molecule has 4 rings (SSSR count). The van der Waals surface area contributed by atoms with Gasteiger partial charge in [0.1, 0.15) is 17.2 Å². The molecule has 0 aliphatic carbocycles. The van der Waals surface area contributed by atoms with Crippen LogP contribution in [0.4, 0.5) is 40.9 Å². The van der Waals surface area contributed by atoms with E-state index in [-0.39, 0.29) is 18.8 Å². The van der Waals surface area contributed by atoms with Crippen molar-refractivity contribution in [2.24, 2.45) is 0 Å². The zero-order valence-corrected chi connectivity index (χ0v) is 18.4. The van der Waals surface area contributed by atoms with E-state index >= 15 is 0 Å². The Morgan fingerprint density at radius 3 is 2.32 bits per heavy atom. The van der Waals surface area contributed by atoms with Gasteiger partial charge in [0.05, 0.1) is 30.7 Å². The summed E-state index contributed by atoms with van der Waals surface area (Å²) in [6.45, 7) is -0.207. The summed E-state index contributed by atoms with van der Waals surface area (Å²) in [5, 5.41) is 9.84. The van der Waals surface area contributed by atoms with Crippen molar-refractivity contribution >= 4 is 28.7 Å². The average Bonchev–Trinajstić information content (AvgIpc) is 3.14. The Morgan fingerprint density at radius 1 is 1.11 bits per heavy atom. The predicted octanol–water partition coefficient (Wildman–Crippen LogP) is 2.38. The Labute approximate surface area is 205 Å². The third-order valence-electron chi connectivity index (χ3n) is 5.41. The third-order valence-corrected chi connectivity index (χ3v) is 5.41. The van der Waals surface area contributed by atoms with Crippen LogP contribution >= 0.6 is 0 Å². The molecule has 2 amide bonds. The summed E-state index contributed by atoms with van der Waals surface area (Å²) in [7, 11) is 0. The lowest BCUT2D eigenvalue weighted by molar-refractivity contribution is -0.255. The molecule has 2 N–H and O–H groups in total. The fourth-order valence-electron chi connectivity index (χ4n) is 3.72. The lowest BCUT2D eigenvalue weighted by Crippen LogP contribution is -2.55. The smallest absolute Gasteiger partial charge is 0.391 e. The van der Waals surface area contributed by atoms with E-state index < -0.39 is 75.8 Å². The van der Waals surface area contributed by atoms with Crippen LogP contribution in [0.2, 0.25) is 0 Å². The quantitative estimate of drug-likeness (QED) is 0.481. The maximum absolute atomic E-state index is 14.6. The van der Waals surface area contributed by atoms with E-state index in [1.54, 1.807) is 0 Å². The maximum Gasteiger partial charge on any atom is 0.417 e. The van der Waals surface area contributed by atoms with E-state index in [1.807, 2.05) is 0 Å². The zero-order chi connectivity index (χ0) is 28.2. The minimum Gasteiger partial charge on any atom is -0.391 e. The number of aliphatic hydroxyl groups excluding tert-OH is 1. The molecule has 0 radical (unpaired) electrons. The van der Waals surface area contributed by atoms with Crippen LogP contribution in [0.5, 0.6) is 0 Å². The molecule has 3 aromatic rings. The molecule has 1 fully saturated rings. The Kier molecular flexibility index (Phi) is 6.59. The van der Waals surface area contributed by atoms with Crippen LogP contribution in [0.3, 0.4) is 0 Å². The van der Waals surface area contributed by atoms with Crippen LogP contribution in [0, 0.1) is 11.6 Å². The second kappa shape index (κ2) is 9.30. The maximum atomic E-state index is 14.6. The van der Waals surface area contributed by atoms with Gasteiger partial charge in [0, 0.05) is 12.3 Å². The monoisotopic (exact) mass is 551 g/mol. The van der Waals surface area contributed by atoms with Gasteiger partial charge in [-0.15, -0.1) is 0 Å². The number of halogens is 8. The number of amides is 2. The average molecular weight is 551 g/mol. The molecule has 4 heterocycles. The highest BCUT2D eigenvalue weighted by Gasteiger charge is 2.57.